The smallest absolute Gasteiger partial charge is 0.118 e. The summed E-state index contributed by atoms with van der Waals surface area (Å²) in [7, 11) is 3.89. The lowest BCUT2D eigenvalue weighted by Gasteiger charge is -2.32. The fraction of sp³-hybridized carbons (Fsp3) is 0.625. The fourth-order valence-electron chi connectivity index (χ4n) is 2.39. The zero-order valence-electron chi connectivity index (χ0n) is 12.9. The van der Waals surface area contributed by atoms with Gasteiger partial charge in [-0.25, -0.2) is 0 Å². The van der Waals surface area contributed by atoms with Gasteiger partial charge in [0, 0.05) is 18.6 Å². The second-order valence-electron chi connectivity index (χ2n) is 5.08. The number of hydrogen-bond acceptors (Lipinski definition) is 3. The lowest BCUT2D eigenvalue weighted by atomic mass is 10.1. The summed E-state index contributed by atoms with van der Waals surface area (Å²) in [6, 6.07) is 9.39. The van der Waals surface area contributed by atoms with Crippen LogP contribution in [0.25, 0.3) is 0 Å². The van der Waals surface area contributed by atoms with Gasteiger partial charge < -0.3 is 10.1 Å². The Bertz CT molecular complexity index is 350. The molecule has 0 fully saturated rings. The van der Waals surface area contributed by atoms with Crippen LogP contribution < -0.4 is 10.1 Å². The van der Waals surface area contributed by atoms with Gasteiger partial charge in [-0.15, -0.1) is 0 Å². The summed E-state index contributed by atoms with van der Waals surface area (Å²) in [5, 5.41) is 3.56. The fourth-order valence-corrected chi connectivity index (χ4v) is 2.39. The third kappa shape index (κ3) is 4.84. The molecule has 0 saturated carbocycles. The molecule has 19 heavy (non-hydrogen) atoms. The lowest BCUT2D eigenvalue weighted by Crippen LogP contribution is -2.46. The molecule has 0 aromatic heterocycles. The molecule has 1 aromatic rings. The van der Waals surface area contributed by atoms with E-state index in [0.717, 1.165) is 25.3 Å². The first-order valence-corrected chi connectivity index (χ1v) is 7.18. The van der Waals surface area contributed by atoms with Crippen LogP contribution in [0.4, 0.5) is 0 Å². The Hall–Kier alpha value is -1.06. The van der Waals surface area contributed by atoms with Gasteiger partial charge in [-0.05, 0) is 44.6 Å². The number of methoxy groups -OCH3 is 1. The highest BCUT2D eigenvalue weighted by Crippen LogP contribution is 2.15. The van der Waals surface area contributed by atoms with Crippen molar-refractivity contribution in [3.8, 4) is 5.75 Å². The molecule has 0 amide bonds. The lowest BCUT2D eigenvalue weighted by molar-refractivity contribution is 0.196. The molecule has 2 unspecified atom stereocenters. The maximum atomic E-state index is 5.19. The number of likely N-dealkylation sites (N-methyl/N-ethyl adjacent to an activating group) is 2. The van der Waals surface area contributed by atoms with Crippen molar-refractivity contribution in [2.75, 3.05) is 20.7 Å². The maximum Gasteiger partial charge on any atom is 0.118 e. The molecule has 108 valence electrons. The minimum atomic E-state index is 0.520. The Kier molecular flexibility index (Phi) is 6.89. The van der Waals surface area contributed by atoms with Crippen LogP contribution in [0.2, 0.25) is 0 Å². The van der Waals surface area contributed by atoms with E-state index in [1.807, 2.05) is 12.1 Å². The van der Waals surface area contributed by atoms with E-state index in [9.17, 15) is 0 Å². The number of benzene rings is 1. The van der Waals surface area contributed by atoms with Gasteiger partial charge in [0.25, 0.3) is 0 Å². The summed E-state index contributed by atoms with van der Waals surface area (Å²) in [4.78, 5) is 2.40. The summed E-state index contributed by atoms with van der Waals surface area (Å²) in [6.45, 7) is 8.69. The van der Waals surface area contributed by atoms with Crippen LogP contribution in [0.3, 0.4) is 0 Å². The zero-order valence-corrected chi connectivity index (χ0v) is 12.9. The first-order chi connectivity index (χ1) is 9.12. The molecule has 0 aliphatic carbocycles. The van der Waals surface area contributed by atoms with Crippen molar-refractivity contribution in [2.24, 2.45) is 0 Å². The average Bonchev–Trinajstić information content (AvgIpc) is 2.44. The van der Waals surface area contributed by atoms with E-state index in [2.05, 4.69) is 50.2 Å². The summed E-state index contributed by atoms with van der Waals surface area (Å²) in [5.41, 5.74) is 1.32. The van der Waals surface area contributed by atoms with Gasteiger partial charge in [0.15, 0.2) is 0 Å². The van der Waals surface area contributed by atoms with Gasteiger partial charge in [-0.1, -0.05) is 26.0 Å². The molecule has 0 radical (unpaired) electrons. The van der Waals surface area contributed by atoms with E-state index in [1.54, 1.807) is 7.11 Å². The Labute approximate surface area is 118 Å². The van der Waals surface area contributed by atoms with E-state index in [1.165, 1.54) is 5.56 Å². The zero-order chi connectivity index (χ0) is 14.3. The molecule has 1 aromatic carbocycles. The van der Waals surface area contributed by atoms with E-state index < -0.39 is 0 Å². The van der Waals surface area contributed by atoms with Crippen LogP contribution in [0.15, 0.2) is 24.3 Å². The average molecular weight is 264 g/mol. The van der Waals surface area contributed by atoms with E-state index >= 15 is 0 Å². The topological polar surface area (TPSA) is 24.5 Å². The highest BCUT2D eigenvalue weighted by Gasteiger charge is 2.18. The number of nitrogens with zero attached hydrogens (tertiary/aromatic N) is 1. The van der Waals surface area contributed by atoms with Crippen LogP contribution in [-0.4, -0.2) is 37.7 Å². The van der Waals surface area contributed by atoms with Crippen LogP contribution in [0.1, 0.15) is 32.8 Å². The standard InChI is InChI=1S/C16H28N2O/c1-6-16(17-7-2)13(3)18(4)12-14-8-10-15(19-5)11-9-14/h8-11,13,16-17H,6-7,12H2,1-5H3. The molecule has 1 N–H and O–H groups in total. The molecule has 0 saturated heterocycles. The van der Waals surface area contributed by atoms with E-state index in [4.69, 9.17) is 4.74 Å². The predicted molar refractivity (Wildman–Crippen MR) is 81.7 cm³/mol. The van der Waals surface area contributed by atoms with Crippen molar-refractivity contribution in [1.82, 2.24) is 10.2 Å². The summed E-state index contributed by atoms with van der Waals surface area (Å²) in [5.74, 6) is 0.915. The minimum Gasteiger partial charge on any atom is -0.497 e. The van der Waals surface area contributed by atoms with Crippen LogP contribution >= 0.6 is 0 Å². The van der Waals surface area contributed by atoms with Crippen molar-refractivity contribution < 1.29 is 4.74 Å². The largest absolute Gasteiger partial charge is 0.497 e. The summed E-state index contributed by atoms with van der Waals surface area (Å²) >= 11 is 0. The van der Waals surface area contributed by atoms with Gasteiger partial charge in [0.1, 0.15) is 5.75 Å². The Morgan fingerprint density at radius 2 is 1.84 bits per heavy atom. The van der Waals surface area contributed by atoms with Gasteiger partial charge in [-0.3, -0.25) is 4.90 Å². The SMILES string of the molecule is CCNC(CC)C(C)N(C)Cc1ccc(OC)cc1. The Morgan fingerprint density at radius 1 is 1.21 bits per heavy atom. The minimum absolute atomic E-state index is 0.520. The van der Waals surface area contributed by atoms with Crippen molar-refractivity contribution in [3.63, 3.8) is 0 Å². The Morgan fingerprint density at radius 3 is 2.32 bits per heavy atom. The molecular formula is C16H28N2O. The number of nitrogens with one attached hydrogen (secondary N) is 1. The van der Waals surface area contributed by atoms with Crippen molar-refractivity contribution in [2.45, 2.75) is 45.8 Å². The normalized spacial score (nSPS) is 14.4. The highest BCUT2D eigenvalue weighted by molar-refractivity contribution is 5.27. The second-order valence-corrected chi connectivity index (χ2v) is 5.08. The summed E-state index contributed by atoms with van der Waals surface area (Å²) in [6.07, 6.45) is 1.15. The summed E-state index contributed by atoms with van der Waals surface area (Å²) < 4.78 is 5.19. The van der Waals surface area contributed by atoms with Crippen molar-refractivity contribution in [3.05, 3.63) is 29.8 Å². The maximum absolute atomic E-state index is 5.19. The molecule has 0 aliphatic rings. The van der Waals surface area contributed by atoms with Gasteiger partial charge in [0.05, 0.1) is 7.11 Å². The van der Waals surface area contributed by atoms with Crippen molar-refractivity contribution in [1.29, 1.82) is 0 Å². The van der Waals surface area contributed by atoms with Gasteiger partial charge in [0.2, 0.25) is 0 Å². The molecule has 0 aliphatic heterocycles. The molecule has 0 heterocycles. The van der Waals surface area contributed by atoms with Crippen LogP contribution in [0.5, 0.6) is 5.75 Å². The molecule has 3 nitrogen and oxygen atoms in total. The first-order valence-electron chi connectivity index (χ1n) is 7.18. The number of ether oxygens (including phenoxy) is 1. The number of hydrogen-bond donors (Lipinski definition) is 1. The molecule has 0 spiro atoms. The third-order valence-corrected chi connectivity index (χ3v) is 3.77. The van der Waals surface area contributed by atoms with E-state index in [-0.39, 0.29) is 0 Å². The molecule has 0 bridgehead atoms. The third-order valence-electron chi connectivity index (χ3n) is 3.77. The molecular weight excluding hydrogens is 236 g/mol. The molecule has 3 heteroatoms. The first kappa shape index (κ1) is 16.0. The van der Waals surface area contributed by atoms with Gasteiger partial charge in [-0.2, -0.15) is 0 Å². The number of rotatable bonds is 8. The van der Waals surface area contributed by atoms with Crippen LogP contribution in [0, 0.1) is 0 Å². The second kappa shape index (κ2) is 8.18. The van der Waals surface area contributed by atoms with Gasteiger partial charge >= 0.3 is 0 Å². The molecule has 2 atom stereocenters. The quantitative estimate of drug-likeness (QED) is 0.781. The highest BCUT2D eigenvalue weighted by atomic mass is 16.5. The predicted octanol–water partition coefficient (Wildman–Crippen LogP) is 2.90. The Balaban J connectivity index is 2.58. The molecule has 1 rings (SSSR count). The van der Waals surface area contributed by atoms with E-state index in [0.29, 0.717) is 12.1 Å². The monoisotopic (exact) mass is 264 g/mol. The van der Waals surface area contributed by atoms with Crippen molar-refractivity contribution >= 4 is 0 Å². The van der Waals surface area contributed by atoms with Crippen LogP contribution in [-0.2, 0) is 6.54 Å².